The van der Waals surface area contributed by atoms with Gasteiger partial charge in [0.2, 0.25) is 0 Å². The number of nitrogens with zero attached hydrogens (tertiary/aromatic N) is 2. The van der Waals surface area contributed by atoms with Crippen LogP contribution in [-0.2, 0) is 11.3 Å². The lowest BCUT2D eigenvalue weighted by Crippen LogP contribution is -2.48. The molecular formula is C17H15FN2O3. The first-order chi connectivity index (χ1) is 11.0. The molecule has 6 heteroatoms. The number of halogens is 1. The predicted molar refractivity (Wildman–Crippen MR) is 82.6 cm³/mol. The van der Waals surface area contributed by atoms with Gasteiger partial charge in [0, 0.05) is 6.54 Å². The minimum atomic E-state index is -1.07. The van der Waals surface area contributed by atoms with E-state index >= 15 is 0 Å². The van der Waals surface area contributed by atoms with Gasteiger partial charge in [0.05, 0.1) is 17.9 Å². The first kappa shape index (κ1) is 15.0. The molecule has 2 aromatic rings. The number of carbonyl (C=O) groups excluding carboxylic acids is 1. The molecule has 0 spiro atoms. The van der Waals surface area contributed by atoms with Crippen LogP contribution in [0.15, 0.2) is 48.5 Å². The van der Waals surface area contributed by atoms with E-state index in [0.29, 0.717) is 12.1 Å². The minimum absolute atomic E-state index is 0.151. The second-order valence-corrected chi connectivity index (χ2v) is 5.38. The molecule has 0 atom stereocenters. The standard InChI is InChI=1S/C17H15FN2O3/c18-13-5-3-4-12(8-13)9-19-11-20(10-16(21)22)17(23)14-6-1-2-7-15(14)19/h1-8H,9-11H2,(H,21,22). The van der Waals surface area contributed by atoms with Crippen molar-refractivity contribution < 1.29 is 19.1 Å². The third-order valence-corrected chi connectivity index (χ3v) is 3.69. The van der Waals surface area contributed by atoms with Gasteiger partial charge in [-0.3, -0.25) is 9.59 Å². The van der Waals surface area contributed by atoms with E-state index in [2.05, 4.69) is 0 Å². The zero-order chi connectivity index (χ0) is 16.4. The Labute approximate surface area is 132 Å². The smallest absolute Gasteiger partial charge is 0.323 e. The Hall–Kier alpha value is -2.89. The van der Waals surface area contributed by atoms with Gasteiger partial charge in [0.25, 0.3) is 5.91 Å². The van der Waals surface area contributed by atoms with E-state index in [1.807, 2.05) is 17.0 Å². The molecule has 0 unspecified atom stereocenters. The lowest BCUT2D eigenvalue weighted by atomic mass is 10.1. The van der Waals surface area contributed by atoms with Gasteiger partial charge in [-0.15, -0.1) is 0 Å². The summed E-state index contributed by atoms with van der Waals surface area (Å²) < 4.78 is 13.4. The molecule has 0 aliphatic carbocycles. The summed E-state index contributed by atoms with van der Waals surface area (Å²) in [5.41, 5.74) is 1.93. The number of aliphatic carboxylic acids is 1. The molecule has 0 radical (unpaired) electrons. The Morgan fingerprint density at radius 1 is 1.13 bits per heavy atom. The van der Waals surface area contributed by atoms with Gasteiger partial charge in [-0.1, -0.05) is 24.3 Å². The van der Waals surface area contributed by atoms with Crippen LogP contribution in [0.2, 0.25) is 0 Å². The SMILES string of the molecule is O=C(O)CN1CN(Cc2cccc(F)c2)c2ccccc2C1=O. The topological polar surface area (TPSA) is 60.9 Å². The van der Waals surface area contributed by atoms with Gasteiger partial charge >= 0.3 is 5.97 Å². The fraction of sp³-hybridized carbons (Fsp3) is 0.176. The Morgan fingerprint density at radius 2 is 1.91 bits per heavy atom. The quantitative estimate of drug-likeness (QED) is 0.941. The number of amides is 1. The van der Waals surface area contributed by atoms with Crippen molar-refractivity contribution in [2.45, 2.75) is 6.54 Å². The molecule has 3 rings (SSSR count). The molecule has 0 aromatic heterocycles. The van der Waals surface area contributed by atoms with Crippen LogP contribution >= 0.6 is 0 Å². The molecular weight excluding hydrogens is 299 g/mol. The highest BCUT2D eigenvalue weighted by molar-refractivity contribution is 6.02. The maximum absolute atomic E-state index is 13.4. The van der Waals surface area contributed by atoms with Crippen LogP contribution in [0.4, 0.5) is 10.1 Å². The molecule has 1 heterocycles. The monoisotopic (exact) mass is 314 g/mol. The number of carbonyl (C=O) groups is 2. The van der Waals surface area contributed by atoms with Crippen LogP contribution in [0.1, 0.15) is 15.9 Å². The van der Waals surface area contributed by atoms with Crippen molar-refractivity contribution in [3.63, 3.8) is 0 Å². The summed E-state index contributed by atoms with van der Waals surface area (Å²) >= 11 is 0. The van der Waals surface area contributed by atoms with E-state index in [9.17, 15) is 14.0 Å². The number of fused-ring (bicyclic) bond motifs is 1. The predicted octanol–water partition coefficient (Wildman–Crippen LogP) is 2.33. The Balaban J connectivity index is 1.93. The van der Waals surface area contributed by atoms with E-state index in [0.717, 1.165) is 11.3 Å². The normalized spacial score (nSPS) is 13.9. The van der Waals surface area contributed by atoms with Crippen molar-refractivity contribution in [2.24, 2.45) is 0 Å². The van der Waals surface area contributed by atoms with Crippen molar-refractivity contribution in [2.75, 3.05) is 18.1 Å². The Morgan fingerprint density at radius 3 is 2.65 bits per heavy atom. The number of carboxylic acid groups (broad SMARTS) is 1. The fourth-order valence-corrected chi connectivity index (χ4v) is 2.72. The maximum Gasteiger partial charge on any atom is 0.323 e. The number of rotatable bonds is 4. The summed E-state index contributed by atoms with van der Waals surface area (Å²) in [6, 6.07) is 13.3. The molecule has 118 valence electrons. The van der Waals surface area contributed by atoms with Crippen molar-refractivity contribution in [1.82, 2.24) is 4.90 Å². The molecule has 2 aromatic carbocycles. The summed E-state index contributed by atoms with van der Waals surface area (Å²) in [7, 11) is 0. The summed E-state index contributed by atoms with van der Waals surface area (Å²) in [6.45, 7) is 0.170. The second kappa shape index (κ2) is 6.08. The van der Waals surface area contributed by atoms with Crippen molar-refractivity contribution in [3.05, 3.63) is 65.5 Å². The number of para-hydroxylation sites is 1. The zero-order valence-corrected chi connectivity index (χ0v) is 12.3. The maximum atomic E-state index is 13.4. The van der Waals surface area contributed by atoms with Crippen molar-refractivity contribution in [3.8, 4) is 0 Å². The van der Waals surface area contributed by atoms with Crippen LogP contribution in [0.3, 0.4) is 0 Å². The molecule has 0 saturated carbocycles. The van der Waals surface area contributed by atoms with Gasteiger partial charge in [0.15, 0.2) is 0 Å². The minimum Gasteiger partial charge on any atom is -0.480 e. The molecule has 1 aliphatic heterocycles. The highest BCUT2D eigenvalue weighted by Crippen LogP contribution is 2.28. The highest BCUT2D eigenvalue weighted by Gasteiger charge is 2.30. The molecule has 0 saturated heterocycles. The summed E-state index contributed by atoms with van der Waals surface area (Å²) in [6.07, 6.45) is 0. The third kappa shape index (κ3) is 3.15. The lowest BCUT2D eigenvalue weighted by Gasteiger charge is -2.37. The number of hydrogen-bond donors (Lipinski definition) is 1. The van der Waals surface area contributed by atoms with E-state index in [1.54, 1.807) is 24.3 Å². The number of anilines is 1. The average molecular weight is 314 g/mol. The zero-order valence-electron chi connectivity index (χ0n) is 12.3. The third-order valence-electron chi connectivity index (χ3n) is 3.69. The largest absolute Gasteiger partial charge is 0.480 e. The Kier molecular flexibility index (Phi) is 3.97. The summed E-state index contributed by atoms with van der Waals surface area (Å²) in [4.78, 5) is 26.5. The van der Waals surface area contributed by atoms with E-state index in [-0.39, 0.29) is 24.9 Å². The van der Waals surface area contributed by atoms with Gasteiger partial charge < -0.3 is 14.9 Å². The van der Waals surface area contributed by atoms with Gasteiger partial charge in [-0.05, 0) is 29.8 Å². The number of carboxylic acids is 1. The lowest BCUT2D eigenvalue weighted by molar-refractivity contribution is -0.137. The van der Waals surface area contributed by atoms with Gasteiger partial charge in [-0.2, -0.15) is 0 Å². The molecule has 23 heavy (non-hydrogen) atoms. The fourth-order valence-electron chi connectivity index (χ4n) is 2.72. The molecule has 1 N–H and O–H groups in total. The number of hydrogen-bond acceptors (Lipinski definition) is 3. The molecule has 0 bridgehead atoms. The van der Waals surface area contributed by atoms with Gasteiger partial charge in [-0.25, -0.2) is 4.39 Å². The second-order valence-electron chi connectivity index (χ2n) is 5.38. The highest BCUT2D eigenvalue weighted by atomic mass is 19.1. The Bertz CT molecular complexity index is 763. The van der Waals surface area contributed by atoms with Crippen LogP contribution < -0.4 is 4.90 Å². The number of benzene rings is 2. The summed E-state index contributed by atoms with van der Waals surface area (Å²) in [5, 5.41) is 8.98. The molecule has 5 nitrogen and oxygen atoms in total. The molecule has 0 fully saturated rings. The van der Waals surface area contributed by atoms with Crippen molar-refractivity contribution >= 4 is 17.6 Å². The van der Waals surface area contributed by atoms with Crippen LogP contribution in [-0.4, -0.2) is 35.1 Å². The van der Waals surface area contributed by atoms with E-state index in [1.165, 1.54) is 17.0 Å². The molecule has 1 amide bonds. The van der Waals surface area contributed by atoms with Crippen molar-refractivity contribution in [1.29, 1.82) is 0 Å². The van der Waals surface area contributed by atoms with Crippen LogP contribution in [0.25, 0.3) is 0 Å². The first-order valence-corrected chi connectivity index (χ1v) is 7.14. The van der Waals surface area contributed by atoms with Gasteiger partial charge in [0.1, 0.15) is 12.4 Å². The van der Waals surface area contributed by atoms with E-state index in [4.69, 9.17) is 5.11 Å². The van der Waals surface area contributed by atoms with Crippen LogP contribution in [0, 0.1) is 5.82 Å². The summed E-state index contributed by atoms with van der Waals surface area (Å²) in [5.74, 6) is -1.70. The van der Waals surface area contributed by atoms with Crippen LogP contribution in [0.5, 0.6) is 0 Å². The average Bonchev–Trinajstić information content (AvgIpc) is 2.51. The molecule has 1 aliphatic rings. The van der Waals surface area contributed by atoms with E-state index < -0.39 is 5.97 Å². The first-order valence-electron chi connectivity index (χ1n) is 7.14.